The Labute approximate surface area is 73.9 Å². The summed E-state index contributed by atoms with van der Waals surface area (Å²) in [4.78, 5) is 11.4. The number of rotatable bonds is 3. The molecule has 3 heteroatoms. The molecule has 0 spiro atoms. The largest absolute Gasteiger partial charge is 0.356 e. The van der Waals surface area contributed by atoms with Gasteiger partial charge in [0, 0.05) is 12.5 Å². The van der Waals surface area contributed by atoms with Gasteiger partial charge in [0.25, 0.3) is 0 Å². The van der Waals surface area contributed by atoms with Gasteiger partial charge in [-0.3, -0.25) is 4.79 Å². The molecule has 1 aliphatic heterocycles. The lowest BCUT2D eigenvalue weighted by Crippen LogP contribution is -2.41. The fourth-order valence-electron chi connectivity index (χ4n) is 1.80. The average Bonchev–Trinajstić information content (AvgIpc) is 2.05. The summed E-state index contributed by atoms with van der Waals surface area (Å²) in [5.41, 5.74) is 0. The molecule has 0 saturated carbocycles. The van der Waals surface area contributed by atoms with E-state index in [1.165, 1.54) is 0 Å². The molecule has 2 atom stereocenters. The SMILES string of the molecule is CNCC(C)C1CCCNC1=O. The number of carbonyl (C=O) groups excluding carboxylic acids is 1. The molecule has 3 nitrogen and oxygen atoms in total. The Morgan fingerprint density at radius 2 is 2.50 bits per heavy atom. The number of carbonyl (C=O) groups is 1. The van der Waals surface area contributed by atoms with Crippen molar-refractivity contribution in [2.45, 2.75) is 19.8 Å². The second-order valence-corrected chi connectivity index (χ2v) is 3.57. The molecule has 0 aromatic carbocycles. The molecule has 0 radical (unpaired) electrons. The molecule has 12 heavy (non-hydrogen) atoms. The molecule has 1 heterocycles. The van der Waals surface area contributed by atoms with Crippen LogP contribution in [0.4, 0.5) is 0 Å². The predicted octanol–water partition coefficient (Wildman–Crippen LogP) is 0.368. The van der Waals surface area contributed by atoms with E-state index in [0.29, 0.717) is 5.92 Å². The molecule has 1 saturated heterocycles. The van der Waals surface area contributed by atoms with Crippen molar-refractivity contribution in [3.63, 3.8) is 0 Å². The molecule has 2 N–H and O–H groups in total. The fourth-order valence-corrected chi connectivity index (χ4v) is 1.80. The zero-order valence-corrected chi connectivity index (χ0v) is 7.89. The smallest absolute Gasteiger partial charge is 0.223 e. The summed E-state index contributed by atoms with van der Waals surface area (Å²) >= 11 is 0. The molecule has 0 aromatic heterocycles. The van der Waals surface area contributed by atoms with E-state index < -0.39 is 0 Å². The van der Waals surface area contributed by atoms with Crippen molar-refractivity contribution in [3.8, 4) is 0 Å². The number of nitrogens with one attached hydrogen (secondary N) is 2. The second kappa shape index (κ2) is 4.45. The first-order valence-electron chi connectivity index (χ1n) is 4.68. The fraction of sp³-hybridized carbons (Fsp3) is 0.889. The van der Waals surface area contributed by atoms with Crippen molar-refractivity contribution in [1.29, 1.82) is 0 Å². The first kappa shape index (κ1) is 9.52. The van der Waals surface area contributed by atoms with Crippen LogP contribution in [0.1, 0.15) is 19.8 Å². The van der Waals surface area contributed by atoms with E-state index in [1.807, 2.05) is 7.05 Å². The topological polar surface area (TPSA) is 41.1 Å². The lowest BCUT2D eigenvalue weighted by molar-refractivity contribution is -0.128. The van der Waals surface area contributed by atoms with Gasteiger partial charge in [0.2, 0.25) is 5.91 Å². The number of piperidine rings is 1. The van der Waals surface area contributed by atoms with Crippen LogP contribution in [-0.2, 0) is 4.79 Å². The highest BCUT2D eigenvalue weighted by Gasteiger charge is 2.26. The molecule has 0 aromatic rings. The Balaban J connectivity index is 2.42. The number of hydrogen-bond donors (Lipinski definition) is 2. The van der Waals surface area contributed by atoms with E-state index in [1.54, 1.807) is 0 Å². The summed E-state index contributed by atoms with van der Waals surface area (Å²) in [5, 5.41) is 6.01. The molecule has 1 rings (SSSR count). The standard InChI is InChI=1S/C9H18N2O/c1-7(6-10-2)8-4-3-5-11-9(8)12/h7-8,10H,3-6H2,1-2H3,(H,11,12). The van der Waals surface area contributed by atoms with Gasteiger partial charge >= 0.3 is 0 Å². The minimum Gasteiger partial charge on any atom is -0.356 e. The molecule has 70 valence electrons. The van der Waals surface area contributed by atoms with E-state index >= 15 is 0 Å². The summed E-state index contributed by atoms with van der Waals surface area (Å²) in [6, 6.07) is 0. The molecule has 1 aliphatic rings. The van der Waals surface area contributed by atoms with E-state index in [0.717, 1.165) is 25.9 Å². The van der Waals surface area contributed by atoms with Crippen LogP contribution in [0.3, 0.4) is 0 Å². The van der Waals surface area contributed by atoms with E-state index in [2.05, 4.69) is 17.6 Å². The predicted molar refractivity (Wildman–Crippen MR) is 48.8 cm³/mol. The van der Waals surface area contributed by atoms with Gasteiger partial charge < -0.3 is 10.6 Å². The molecular weight excluding hydrogens is 152 g/mol. The van der Waals surface area contributed by atoms with Crippen LogP contribution in [0.2, 0.25) is 0 Å². The zero-order chi connectivity index (χ0) is 8.97. The van der Waals surface area contributed by atoms with Crippen molar-refractivity contribution in [3.05, 3.63) is 0 Å². The van der Waals surface area contributed by atoms with E-state index in [9.17, 15) is 4.79 Å². The molecule has 1 amide bonds. The van der Waals surface area contributed by atoms with Gasteiger partial charge in [-0.1, -0.05) is 6.92 Å². The van der Waals surface area contributed by atoms with Gasteiger partial charge in [0.1, 0.15) is 0 Å². The molecule has 1 fully saturated rings. The highest BCUT2D eigenvalue weighted by Crippen LogP contribution is 2.19. The zero-order valence-electron chi connectivity index (χ0n) is 7.89. The highest BCUT2D eigenvalue weighted by atomic mass is 16.1. The summed E-state index contributed by atoms with van der Waals surface area (Å²) in [6.45, 7) is 3.92. The Hall–Kier alpha value is -0.570. The van der Waals surface area contributed by atoms with Crippen LogP contribution in [0.5, 0.6) is 0 Å². The lowest BCUT2D eigenvalue weighted by atomic mass is 9.87. The second-order valence-electron chi connectivity index (χ2n) is 3.57. The molecule has 0 aliphatic carbocycles. The third-order valence-electron chi connectivity index (χ3n) is 2.54. The third-order valence-corrected chi connectivity index (χ3v) is 2.54. The molecule has 0 bridgehead atoms. The Morgan fingerprint density at radius 1 is 1.75 bits per heavy atom. The minimum absolute atomic E-state index is 0.228. The monoisotopic (exact) mass is 170 g/mol. The minimum atomic E-state index is 0.228. The normalized spacial score (nSPS) is 26.5. The van der Waals surface area contributed by atoms with Crippen molar-refractivity contribution in [1.82, 2.24) is 10.6 Å². The van der Waals surface area contributed by atoms with Gasteiger partial charge in [0.05, 0.1) is 0 Å². The summed E-state index contributed by atoms with van der Waals surface area (Å²) in [6.07, 6.45) is 2.18. The van der Waals surface area contributed by atoms with Crippen molar-refractivity contribution >= 4 is 5.91 Å². The van der Waals surface area contributed by atoms with Gasteiger partial charge in [-0.15, -0.1) is 0 Å². The van der Waals surface area contributed by atoms with Gasteiger partial charge in [-0.25, -0.2) is 0 Å². The van der Waals surface area contributed by atoms with Gasteiger partial charge in [0.15, 0.2) is 0 Å². The Morgan fingerprint density at radius 3 is 3.08 bits per heavy atom. The quantitative estimate of drug-likeness (QED) is 0.642. The van der Waals surface area contributed by atoms with Crippen LogP contribution in [0.15, 0.2) is 0 Å². The van der Waals surface area contributed by atoms with Crippen LogP contribution < -0.4 is 10.6 Å². The molecular formula is C9H18N2O. The number of amides is 1. The van der Waals surface area contributed by atoms with Crippen LogP contribution in [0, 0.1) is 11.8 Å². The maximum atomic E-state index is 11.4. The first-order valence-corrected chi connectivity index (χ1v) is 4.68. The Kier molecular flexibility index (Phi) is 3.53. The Bertz CT molecular complexity index is 159. The maximum Gasteiger partial charge on any atom is 0.223 e. The van der Waals surface area contributed by atoms with Crippen molar-refractivity contribution < 1.29 is 4.79 Å². The summed E-state index contributed by atoms with van der Waals surface area (Å²) in [5.74, 6) is 0.922. The van der Waals surface area contributed by atoms with E-state index in [-0.39, 0.29) is 11.8 Å². The van der Waals surface area contributed by atoms with Gasteiger partial charge in [-0.2, -0.15) is 0 Å². The first-order chi connectivity index (χ1) is 5.75. The summed E-state index contributed by atoms with van der Waals surface area (Å²) in [7, 11) is 1.93. The summed E-state index contributed by atoms with van der Waals surface area (Å²) < 4.78 is 0. The van der Waals surface area contributed by atoms with Gasteiger partial charge in [-0.05, 0) is 32.4 Å². The number of hydrogen-bond acceptors (Lipinski definition) is 2. The highest BCUT2D eigenvalue weighted by molar-refractivity contribution is 5.79. The third kappa shape index (κ3) is 2.21. The maximum absolute atomic E-state index is 11.4. The molecule has 2 unspecified atom stereocenters. The van der Waals surface area contributed by atoms with Crippen LogP contribution in [-0.4, -0.2) is 26.0 Å². The van der Waals surface area contributed by atoms with E-state index in [4.69, 9.17) is 0 Å². The van der Waals surface area contributed by atoms with Crippen molar-refractivity contribution in [2.24, 2.45) is 11.8 Å². The lowest BCUT2D eigenvalue weighted by Gasteiger charge is -2.26. The average molecular weight is 170 g/mol. The van der Waals surface area contributed by atoms with Crippen molar-refractivity contribution in [2.75, 3.05) is 20.1 Å². The van der Waals surface area contributed by atoms with Crippen LogP contribution >= 0.6 is 0 Å². The van der Waals surface area contributed by atoms with Crippen LogP contribution in [0.25, 0.3) is 0 Å².